The molecule has 24 heteroatoms. The zero-order valence-corrected chi connectivity index (χ0v) is 47.7. The fourth-order valence-electron chi connectivity index (χ4n) is 10.4. The maximum Gasteiger partial charge on any atom is 0.762 e. The highest BCUT2D eigenvalue weighted by molar-refractivity contribution is 7.09. The second kappa shape index (κ2) is 27.9. The van der Waals surface area contributed by atoms with Crippen molar-refractivity contribution >= 4 is 105 Å². The van der Waals surface area contributed by atoms with Crippen LogP contribution >= 0.6 is 0 Å². The maximum atomic E-state index is 10.4. The maximum absolute atomic E-state index is 10.4. The van der Waals surface area contributed by atoms with Crippen LogP contribution in [0.2, 0.25) is 0 Å². The first-order chi connectivity index (χ1) is 38.9. The molecule has 0 aliphatic rings. The van der Waals surface area contributed by atoms with Crippen LogP contribution in [0.15, 0.2) is 182 Å². The van der Waals surface area contributed by atoms with Crippen molar-refractivity contribution in [2.24, 2.45) is 0 Å². The van der Waals surface area contributed by atoms with Crippen LogP contribution in [0.3, 0.4) is 0 Å². The van der Waals surface area contributed by atoms with Gasteiger partial charge in [-0.3, -0.25) is 39.6 Å². The van der Waals surface area contributed by atoms with E-state index in [1.165, 1.54) is 5.56 Å². The van der Waals surface area contributed by atoms with E-state index in [2.05, 4.69) is 267 Å². The molecule has 9 aromatic carbocycles. The molecule has 12 aromatic rings. The van der Waals surface area contributed by atoms with Crippen molar-refractivity contribution in [1.29, 1.82) is 0 Å². The molecule has 3 heterocycles. The fourth-order valence-corrected chi connectivity index (χ4v) is 10.4. The van der Waals surface area contributed by atoms with Crippen LogP contribution in [-0.2, 0) is 0 Å². The van der Waals surface area contributed by atoms with E-state index in [1.807, 2.05) is 0 Å². The first kappa shape index (κ1) is 67.3. The predicted molar refractivity (Wildman–Crippen MR) is 323 cm³/mol. The van der Waals surface area contributed by atoms with Crippen LogP contribution < -0.4 is 42.5 Å². The molecule has 442 valence electrons. The first-order valence-corrected chi connectivity index (χ1v) is 26.0. The fraction of sp³-hybridized carbons (Fsp3) is 0.129. The number of aryl methyl sites for hydroxylation is 2. The van der Waals surface area contributed by atoms with Crippen LogP contribution in [0, 0.1) is 13.8 Å². The molecular formula is C62H56B3F12N9. The SMILES string of the molecule is Cc1ccc2c(c1)nc1cc(-c3cc4c(cc3C)nc3cc(-c5ccc6nc7ccc(N(C)C)cc7[n+](-c7ccccc7)c6c5)c(N(C)C)cc3[n+]4-c3ccccc3)c(N(C)C)cc1[n+]2-c1ccccc1.F.F.FB(F)B(F)F.FB(F)F.[F-].[F-].[F-]. The topological polar surface area (TPSA) is 60.0 Å². The number of fused-ring (bicyclic) bond motifs is 6. The lowest BCUT2D eigenvalue weighted by Crippen LogP contribution is -3.00. The van der Waals surface area contributed by atoms with Gasteiger partial charge in [-0.15, -0.1) is 13.7 Å². The minimum Gasteiger partial charge on any atom is -1.00 e. The van der Waals surface area contributed by atoms with Crippen molar-refractivity contribution in [3.63, 3.8) is 0 Å². The van der Waals surface area contributed by atoms with Crippen molar-refractivity contribution in [2.45, 2.75) is 13.8 Å². The summed E-state index contributed by atoms with van der Waals surface area (Å²) in [6, 6.07) is 65.3. The summed E-state index contributed by atoms with van der Waals surface area (Å²) in [4.78, 5) is 22.7. The molecule has 0 atom stereocenters. The summed E-state index contributed by atoms with van der Waals surface area (Å²) < 4.78 is 77.7. The lowest BCUT2D eigenvalue weighted by atomic mass is 9.60. The smallest absolute Gasteiger partial charge is 0.762 e. The second-order valence-corrected chi connectivity index (χ2v) is 20.2. The van der Waals surface area contributed by atoms with Crippen LogP contribution in [0.4, 0.5) is 56.7 Å². The van der Waals surface area contributed by atoms with Gasteiger partial charge in [0.2, 0.25) is 50.2 Å². The minimum atomic E-state index is -3.67. The Labute approximate surface area is 489 Å². The molecule has 0 spiro atoms. The summed E-state index contributed by atoms with van der Waals surface area (Å²) in [7, 11) is 2.03. The Morgan fingerprint density at radius 3 is 1.20 bits per heavy atom. The Balaban J connectivity index is 0.000000835. The molecule has 0 amide bonds. The third kappa shape index (κ3) is 13.4. The second-order valence-electron chi connectivity index (χ2n) is 20.2. The van der Waals surface area contributed by atoms with Gasteiger partial charge in [-0.1, -0.05) is 66.7 Å². The van der Waals surface area contributed by atoms with Gasteiger partial charge in [0, 0.05) is 132 Å². The van der Waals surface area contributed by atoms with Gasteiger partial charge < -0.3 is 28.8 Å². The molecule has 0 radical (unpaired) electrons. The zero-order chi connectivity index (χ0) is 57.4. The van der Waals surface area contributed by atoms with Gasteiger partial charge in [0.15, 0.2) is 0 Å². The van der Waals surface area contributed by atoms with E-state index in [0.717, 1.165) is 128 Å². The van der Waals surface area contributed by atoms with Gasteiger partial charge in [0.05, 0.1) is 11.4 Å². The Hall–Kier alpha value is -9.47. The molecule has 0 aliphatic carbocycles. The van der Waals surface area contributed by atoms with Crippen molar-refractivity contribution in [1.82, 2.24) is 15.0 Å². The summed E-state index contributed by atoms with van der Waals surface area (Å²) in [6.07, 6.45) is 0. The third-order valence-electron chi connectivity index (χ3n) is 14.1. The largest absolute Gasteiger partial charge is 1.00 e. The average molecular weight is 1190 g/mol. The van der Waals surface area contributed by atoms with Gasteiger partial charge in [-0.25, -0.2) is 15.0 Å². The van der Waals surface area contributed by atoms with Crippen molar-refractivity contribution in [2.75, 3.05) is 57.0 Å². The molecule has 0 bridgehead atoms. The highest BCUT2D eigenvalue weighted by Gasteiger charge is 2.35. The standard InChI is InChI=1S/C62H54N9.B2F4.BF3.5FH/c1-39-24-29-55-51(30-39)64-54-35-48(57(68(7)8)38-61(54)69(55)42-18-12-9-13-19-42)46-36-60-52(31-40(46)2)65-53-34-47(56(67(5)6)37-62(53)71(60)44-22-16-11-17-23-44)41-25-27-49-58(32-41)70(43-20-14-10-15-21-43)59-33-45(66(3)4)26-28-50(59)63-49;3-1(4)2(5)6;2-1(3)4;;;;;/h9-38H,1-8H3;;;5*1H/q+3;;;;;;;/p-3. The monoisotopic (exact) mass is 1190 g/mol. The number of anilines is 3. The number of nitrogens with zero attached hydrogens (tertiary/aromatic N) is 9. The number of hydrogen-bond acceptors (Lipinski definition) is 6. The van der Waals surface area contributed by atoms with E-state index >= 15 is 0 Å². The lowest BCUT2D eigenvalue weighted by molar-refractivity contribution is -0.538. The number of benzene rings is 9. The minimum absolute atomic E-state index is 0. The number of halogens is 12. The lowest BCUT2D eigenvalue weighted by Gasteiger charge is -2.20. The van der Waals surface area contributed by atoms with E-state index in [9.17, 15) is 30.2 Å². The number of rotatable bonds is 9. The predicted octanol–water partition coefficient (Wildman–Crippen LogP) is 4.89. The molecule has 3 aromatic heterocycles. The molecule has 0 saturated carbocycles. The van der Waals surface area contributed by atoms with Gasteiger partial charge in [-0.2, -0.15) is 0 Å². The molecule has 0 N–H and O–H groups in total. The Bertz CT molecular complexity index is 4320. The van der Waals surface area contributed by atoms with Crippen molar-refractivity contribution < 1.29 is 67.4 Å². The van der Waals surface area contributed by atoms with Gasteiger partial charge >= 0.3 is 21.9 Å². The van der Waals surface area contributed by atoms with Crippen molar-refractivity contribution in [3.8, 4) is 39.3 Å². The Kier molecular flexibility index (Phi) is 21.9. The zero-order valence-electron chi connectivity index (χ0n) is 47.7. The first-order valence-electron chi connectivity index (χ1n) is 26.0. The average Bonchev–Trinajstić information content (AvgIpc) is 1.12. The van der Waals surface area contributed by atoms with Crippen LogP contribution in [0.1, 0.15) is 11.1 Å². The summed E-state index contributed by atoms with van der Waals surface area (Å²) in [5.41, 5.74) is 25.0. The normalized spacial score (nSPS) is 10.5. The summed E-state index contributed by atoms with van der Waals surface area (Å²) in [5.74, 6) is 0. The summed E-state index contributed by atoms with van der Waals surface area (Å²) in [5, 5.41) is 0. The number of hydrogen-bond donors (Lipinski definition) is 0. The molecule has 0 fully saturated rings. The van der Waals surface area contributed by atoms with E-state index in [-0.39, 0.29) is 23.5 Å². The Morgan fingerprint density at radius 1 is 0.349 bits per heavy atom. The molecule has 86 heavy (non-hydrogen) atoms. The highest BCUT2D eigenvalue weighted by Crippen LogP contribution is 2.40. The third-order valence-corrected chi connectivity index (χ3v) is 14.1. The summed E-state index contributed by atoms with van der Waals surface area (Å²) in [6.45, 7) is 4.33. The molecular weight excluding hydrogens is 1130 g/mol. The van der Waals surface area contributed by atoms with Crippen LogP contribution in [0.25, 0.3) is 106 Å². The molecule has 9 nitrogen and oxygen atoms in total. The van der Waals surface area contributed by atoms with Crippen molar-refractivity contribution in [3.05, 3.63) is 193 Å². The number of para-hydroxylation sites is 3. The molecule has 0 unspecified atom stereocenters. The van der Waals surface area contributed by atoms with Gasteiger partial charge in [0.1, 0.15) is 33.1 Å². The molecule has 12 rings (SSSR count). The number of aromatic nitrogens is 6. The molecule has 0 aliphatic heterocycles. The van der Waals surface area contributed by atoms with E-state index < -0.39 is 21.9 Å². The van der Waals surface area contributed by atoms with Gasteiger partial charge in [-0.05, 0) is 78.6 Å². The van der Waals surface area contributed by atoms with E-state index in [4.69, 9.17) is 15.0 Å². The highest BCUT2D eigenvalue weighted by atomic mass is 19.4. The van der Waals surface area contributed by atoms with Crippen LogP contribution in [-0.4, -0.2) is 79.1 Å². The summed E-state index contributed by atoms with van der Waals surface area (Å²) >= 11 is 0. The van der Waals surface area contributed by atoms with Gasteiger partial charge in [0.25, 0.3) is 0 Å². The van der Waals surface area contributed by atoms with Crippen LogP contribution in [0.5, 0.6) is 0 Å². The van der Waals surface area contributed by atoms with E-state index in [0.29, 0.717) is 0 Å². The molecule has 0 saturated heterocycles. The quantitative estimate of drug-likeness (QED) is 0.0890. The Morgan fingerprint density at radius 2 is 0.733 bits per heavy atom. The van der Waals surface area contributed by atoms with E-state index in [1.54, 1.807) is 0 Å².